The molecule has 0 aliphatic rings. The molecule has 0 saturated carbocycles. The molecule has 0 atom stereocenters. The Bertz CT molecular complexity index is 295. The normalized spacial score (nSPS) is 10.6. The molecule has 0 radical (unpaired) electrons. The fourth-order valence-electron chi connectivity index (χ4n) is 1.46. The molecular formula is C9H18N4O. The first-order chi connectivity index (χ1) is 6.70. The van der Waals surface area contributed by atoms with Gasteiger partial charge in [0.15, 0.2) is 0 Å². The van der Waals surface area contributed by atoms with Gasteiger partial charge in [-0.25, -0.2) is 0 Å². The average Bonchev–Trinajstić information content (AvgIpc) is 2.41. The molecule has 5 nitrogen and oxygen atoms in total. The van der Waals surface area contributed by atoms with Crippen LogP contribution in [0.1, 0.15) is 11.4 Å². The summed E-state index contributed by atoms with van der Waals surface area (Å²) >= 11 is 0. The summed E-state index contributed by atoms with van der Waals surface area (Å²) in [4.78, 5) is 0. The van der Waals surface area contributed by atoms with Crippen LogP contribution in [0.2, 0.25) is 0 Å². The van der Waals surface area contributed by atoms with Gasteiger partial charge in [-0.3, -0.25) is 4.68 Å². The fraction of sp³-hybridized carbons (Fsp3) is 0.667. The Labute approximate surface area is 83.9 Å². The van der Waals surface area contributed by atoms with Crippen LogP contribution in [-0.2, 0) is 6.54 Å². The zero-order valence-corrected chi connectivity index (χ0v) is 8.75. The average molecular weight is 198 g/mol. The van der Waals surface area contributed by atoms with Gasteiger partial charge in [0.05, 0.1) is 30.2 Å². The summed E-state index contributed by atoms with van der Waals surface area (Å²) in [6.45, 7) is 5.92. The number of rotatable bonds is 5. The number of hydrogen-bond donors (Lipinski definition) is 3. The van der Waals surface area contributed by atoms with Crippen LogP contribution in [0.15, 0.2) is 0 Å². The molecule has 4 N–H and O–H groups in total. The van der Waals surface area contributed by atoms with Crippen molar-refractivity contribution in [2.45, 2.75) is 20.4 Å². The molecule has 80 valence electrons. The number of nitrogens with zero attached hydrogens (tertiary/aromatic N) is 2. The summed E-state index contributed by atoms with van der Waals surface area (Å²) in [7, 11) is 0. The summed E-state index contributed by atoms with van der Waals surface area (Å²) in [6, 6.07) is 0. The molecule has 0 amide bonds. The van der Waals surface area contributed by atoms with Crippen LogP contribution in [-0.4, -0.2) is 34.6 Å². The minimum absolute atomic E-state index is 0.109. The summed E-state index contributed by atoms with van der Waals surface area (Å²) in [6.07, 6.45) is 0. The molecular weight excluding hydrogens is 180 g/mol. The van der Waals surface area contributed by atoms with Crippen molar-refractivity contribution in [1.29, 1.82) is 0 Å². The number of aliphatic hydroxyl groups excluding tert-OH is 1. The third-order valence-electron chi connectivity index (χ3n) is 2.14. The molecule has 0 bridgehead atoms. The Morgan fingerprint density at radius 2 is 2.21 bits per heavy atom. The molecule has 14 heavy (non-hydrogen) atoms. The molecule has 0 spiro atoms. The van der Waals surface area contributed by atoms with Gasteiger partial charge in [0.1, 0.15) is 0 Å². The maximum Gasteiger partial charge on any atom is 0.0827 e. The predicted octanol–water partition coefficient (Wildman–Crippen LogP) is -0.137. The lowest BCUT2D eigenvalue weighted by molar-refractivity contribution is 0.268. The maximum absolute atomic E-state index is 8.82. The van der Waals surface area contributed by atoms with Crippen LogP contribution in [0.4, 0.5) is 5.69 Å². The van der Waals surface area contributed by atoms with Crippen LogP contribution in [0, 0.1) is 13.8 Å². The van der Waals surface area contributed by atoms with Crippen LogP contribution in [0.3, 0.4) is 0 Å². The summed E-state index contributed by atoms with van der Waals surface area (Å²) in [5.41, 5.74) is 8.44. The zero-order chi connectivity index (χ0) is 10.6. The molecule has 1 aromatic heterocycles. The van der Waals surface area contributed by atoms with Gasteiger partial charge in [0.25, 0.3) is 0 Å². The van der Waals surface area contributed by atoms with E-state index in [0.717, 1.165) is 23.6 Å². The second kappa shape index (κ2) is 4.97. The third kappa shape index (κ3) is 2.24. The van der Waals surface area contributed by atoms with E-state index in [1.807, 2.05) is 13.8 Å². The van der Waals surface area contributed by atoms with Crippen LogP contribution in [0.25, 0.3) is 0 Å². The minimum atomic E-state index is 0.109. The van der Waals surface area contributed by atoms with Gasteiger partial charge in [-0.15, -0.1) is 0 Å². The second-order valence-electron chi connectivity index (χ2n) is 3.21. The Hall–Kier alpha value is -1.07. The first-order valence-corrected chi connectivity index (χ1v) is 4.79. The molecule has 0 aliphatic carbocycles. The van der Waals surface area contributed by atoms with E-state index in [2.05, 4.69) is 10.4 Å². The number of nitrogens with two attached hydrogens (primary N) is 1. The number of nitrogens with one attached hydrogen (secondary N) is 1. The Balaban J connectivity index is 2.81. The Morgan fingerprint density at radius 3 is 2.79 bits per heavy atom. The van der Waals surface area contributed by atoms with Gasteiger partial charge in [-0.1, -0.05) is 0 Å². The highest BCUT2D eigenvalue weighted by Gasteiger charge is 2.09. The van der Waals surface area contributed by atoms with Crippen LogP contribution < -0.4 is 11.1 Å². The number of aromatic nitrogens is 2. The van der Waals surface area contributed by atoms with E-state index in [-0.39, 0.29) is 6.61 Å². The summed E-state index contributed by atoms with van der Waals surface area (Å²) in [5.74, 6) is 0. The molecule has 5 heteroatoms. The quantitative estimate of drug-likeness (QED) is 0.615. The standard InChI is InChI=1S/C9H18N4O/c1-7-9(11-4-3-10)8(2)13(12-7)5-6-14/h11,14H,3-6,10H2,1-2H3. The van der Waals surface area contributed by atoms with Crippen molar-refractivity contribution < 1.29 is 5.11 Å². The van der Waals surface area contributed by atoms with Gasteiger partial charge < -0.3 is 16.2 Å². The second-order valence-corrected chi connectivity index (χ2v) is 3.21. The lowest BCUT2D eigenvalue weighted by Crippen LogP contribution is -2.14. The van der Waals surface area contributed by atoms with Crippen molar-refractivity contribution in [3.8, 4) is 0 Å². The van der Waals surface area contributed by atoms with Gasteiger partial charge >= 0.3 is 0 Å². The van der Waals surface area contributed by atoms with Crippen molar-refractivity contribution in [2.24, 2.45) is 5.73 Å². The largest absolute Gasteiger partial charge is 0.394 e. The van der Waals surface area contributed by atoms with Crippen molar-refractivity contribution in [3.05, 3.63) is 11.4 Å². The zero-order valence-electron chi connectivity index (χ0n) is 8.75. The Kier molecular flexibility index (Phi) is 3.91. The monoisotopic (exact) mass is 198 g/mol. The van der Waals surface area contributed by atoms with Crippen molar-refractivity contribution in [3.63, 3.8) is 0 Å². The first kappa shape index (κ1) is 11.0. The topological polar surface area (TPSA) is 76.1 Å². The molecule has 1 aromatic rings. The fourth-order valence-corrected chi connectivity index (χ4v) is 1.46. The van der Waals surface area contributed by atoms with E-state index in [1.54, 1.807) is 4.68 Å². The highest BCUT2D eigenvalue weighted by atomic mass is 16.3. The molecule has 0 aliphatic heterocycles. The molecule has 1 heterocycles. The first-order valence-electron chi connectivity index (χ1n) is 4.79. The SMILES string of the molecule is Cc1nn(CCO)c(C)c1NCCN. The van der Waals surface area contributed by atoms with Gasteiger partial charge in [-0.05, 0) is 13.8 Å². The van der Waals surface area contributed by atoms with E-state index in [0.29, 0.717) is 13.1 Å². The summed E-state index contributed by atoms with van der Waals surface area (Å²) in [5, 5.41) is 16.3. The number of aliphatic hydroxyl groups is 1. The van der Waals surface area contributed by atoms with E-state index >= 15 is 0 Å². The maximum atomic E-state index is 8.82. The molecule has 0 saturated heterocycles. The highest BCUT2D eigenvalue weighted by molar-refractivity contribution is 5.51. The van der Waals surface area contributed by atoms with Gasteiger partial charge in [-0.2, -0.15) is 5.10 Å². The minimum Gasteiger partial charge on any atom is -0.394 e. The van der Waals surface area contributed by atoms with Gasteiger partial charge in [0, 0.05) is 13.1 Å². The van der Waals surface area contributed by atoms with Crippen molar-refractivity contribution in [1.82, 2.24) is 9.78 Å². The van der Waals surface area contributed by atoms with E-state index < -0.39 is 0 Å². The molecule has 0 unspecified atom stereocenters. The smallest absolute Gasteiger partial charge is 0.0827 e. The molecule has 1 rings (SSSR count). The van der Waals surface area contributed by atoms with E-state index in [1.165, 1.54) is 0 Å². The summed E-state index contributed by atoms with van der Waals surface area (Å²) < 4.78 is 1.80. The number of aryl methyl sites for hydroxylation is 1. The van der Waals surface area contributed by atoms with Crippen molar-refractivity contribution in [2.75, 3.05) is 25.0 Å². The predicted molar refractivity (Wildman–Crippen MR) is 56.3 cm³/mol. The Morgan fingerprint density at radius 1 is 1.50 bits per heavy atom. The van der Waals surface area contributed by atoms with E-state index in [9.17, 15) is 0 Å². The van der Waals surface area contributed by atoms with Crippen LogP contribution in [0.5, 0.6) is 0 Å². The lowest BCUT2D eigenvalue weighted by Gasteiger charge is -2.05. The highest BCUT2D eigenvalue weighted by Crippen LogP contribution is 2.18. The molecule has 0 aromatic carbocycles. The lowest BCUT2D eigenvalue weighted by atomic mass is 10.3. The molecule has 0 fully saturated rings. The third-order valence-corrected chi connectivity index (χ3v) is 2.14. The van der Waals surface area contributed by atoms with Gasteiger partial charge in [0.2, 0.25) is 0 Å². The number of hydrogen-bond acceptors (Lipinski definition) is 4. The van der Waals surface area contributed by atoms with Crippen molar-refractivity contribution >= 4 is 5.69 Å². The van der Waals surface area contributed by atoms with E-state index in [4.69, 9.17) is 10.8 Å². The number of anilines is 1. The van der Waals surface area contributed by atoms with Crippen LogP contribution >= 0.6 is 0 Å².